The van der Waals surface area contributed by atoms with Crippen LogP contribution >= 0.6 is 30.1 Å². The van der Waals surface area contributed by atoms with Gasteiger partial charge < -0.3 is 93.9 Å². The molecule has 12 atom stereocenters. The Labute approximate surface area is 344 Å². The summed E-state index contributed by atoms with van der Waals surface area (Å²) in [7, 11) is -8.66. The number of anilines is 2. The monoisotopic (exact) mass is 950 g/mol. The summed E-state index contributed by atoms with van der Waals surface area (Å²) in [5.74, 6) is -2.72. The number of H-pyrrole nitrogens is 2. The van der Waals surface area contributed by atoms with Crippen LogP contribution in [0.5, 0.6) is 0 Å². The van der Waals surface area contributed by atoms with Gasteiger partial charge in [-0.05, 0) is 0 Å². The van der Waals surface area contributed by atoms with E-state index in [0.29, 0.717) is 0 Å². The quantitative estimate of drug-likeness (QED) is 0.0319. The Morgan fingerprint density at radius 1 is 0.721 bits per heavy atom. The van der Waals surface area contributed by atoms with Crippen LogP contribution in [0.2, 0.25) is 0 Å². The molecular weight excluding hydrogens is 906 g/mol. The predicted molar refractivity (Wildman–Crippen MR) is 205 cm³/mol. The van der Waals surface area contributed by atoms with E-state index < -0.39 is 109 Å². The van der Waals surface area contributed by atoms with Gasteiger partial charge in [-0.2, -0.15) is 0 Å². The van der Waals surface area contributed by atoms with Gasteiger partial charge in [0.25, 0.3) is 38.0 Å². The van der Waals surface area contributed by atoms with Crippen LogP contribution in [0.15, 0.2) is 22.2 Å². The molecule has 32 nitrogen and oxygen atoms in total. The molecule has 61 heavy (non-hydrogen) atoms. The molecule has 4 aromatic heterocycles. The van der Waals surface area contributed by atoms with E-state index in [0.717, 1.165) is 9.13 Å². The molecule has 0 aromatic carbocycles. The molecular formula is C23H44B2N14O18P4. The zero-order chi connectivity index (χ0) is 42.2. The summed E-state index contributed by atoms with van der Waals surface area (Å²) >= 11 is 0. The maximum absolute atomic E-state index is 12.8. The molecule has 6 heterocycles. The molecule has 38 heteroatoms. The number of fused-ring (bicyclic) bond motifs is 2. The van der Waals surface area contributed by atoms with E-state index in [1.807, 2.05) is 0 Å². The minimum Gasteiger partial charge on any atom is -0.778 e. The summed E-state index contributed by atoms with van der Waals surface area (Å²) in [4.78, 5) is 62.5. The van der Waals surface area contributed by atoms with Gasteiger partial charge in [0, 0.05) is 0 Å². The number of rotatable bonds is 14. The van der Waals surface area contributed by atoms with Crippen molar-refractivity contribution in [3.8, 4) is 0 Å². The van der Waals surface area contributed by atoms with Crippen molar-refractivity contribution in [1.82, 2.24) is 53.7 Å². The number of aromatic nitrogens is 8. The van der Waals surface area contributed by atoms with Crippen molar-refractivity contribution in [2.24, 2.45) is 14.1 Å². The van der Waals surface area contributed by atoms with Crippen molar-refractivity contribution in [2.45, 2.75) is 49.1 Å². The molecule has 2 fully saturated rings. The number of nitrogens with zero attached hydrogens (tertiary/aromatic N) is 6. The average Bonchev–Trinajstić information content (AvgIpc) is 3.74. The van der Waals surface area contributed by atoms with Gasteiger partial charge in [-0.3, -0.25) is 46.4 Å². The number of nitrogen functional groups attached to an aromatic ring is 2. The Morgan fingerprint density at radius 3 is 1.38 bits per heavy atom. The second-order valence-electron chi connectivity index (χ2n) is 12.8. The Morgan fingerprint density at radius 2 is 1.05 bits per heavy atom. The number of imidazole rings is 2. The van der Waals surface area contributed by atoms with Crippen LogP contribution in [-0.4, -0.2) is 120 Å². The SMILES string of the molecule is N.N.N.N.[B][P@](=O)(OC[C@H]1O[C@@H]([n+]2cn(C)c3c(=O)[nH]c(N)nc32)[C@H](O)[C@@H]1O)OP(=O)([O-])CP(=O)([O-])O[P@]([B])(=O)OC[C@H]1O[C@@H]([n+]2cn(C)c3c(=O)[nH]c(N)nc32)[C@H](O)[C@@H]1O. The first-order valence-corrected chi connectivity index (χ1v) is 22.6. The van der Waals surface area contributed by atoms with E-state index in [1.165, 1.54) is 35.9 Å². The fourth-order valence-electron chi connectivity index (χ4n) is 6.12. The van der Waals surface area contributed by atoms with E-state index in [2.05, 4.69) is 28.6 Å². The number of aliphatic hydroxyl groups is 4. The number of nitrogens with two attached hydrogens (primary N) is 2. The van der Waals surface area contributed by atoms with Crippen LogP contribution in [0.25, 0.3) is 22.3 Å². The lowest BCUT2D eigenvalue weighted by Crippen LogP contribution is -2.46. The molecule has 0 aliphatic carbocycles. The first kappa shape index (κ1) is 53.8. The summed E-state index contributed by atoms with van der Waals surface area (Å²) in [5, 5.41) is 42.4. The smallest absolute Gasteiger partial charge is 0.313 e. The van der Waals surface area contributed by atoms with Crippen molar-refractivity contribution < 1.29 is 84.7 Å². The summed E-state index contributed by atoms with van der Waals surface area (Å²) < 4.78 is 84.9. The Bertz CT molecular complexity index is 2370. The van der Waals surface area contributed by atoms with E-state index >= 15 is 0 Å². The topological polar surface area (TPSA) is 552 Å². The normalized spacial score (nSPS) is 27.7. The minimum absolute atomic E-state index is 0. The second-order valence-corrected chi connectivity index (χ2v) is 20.4. The third-order valence-corrected chi connectivity index (χ3v) is 16.1. The van der Waals surface area contributed by atoms with Gasteiger partial charge in [-0.1, -0.05) is 9.97 Å². The number of nitrogens with one attached hydrogen (secondary N) is 2. The zero-order valence-corrected chi connectivity index (χ0v) is 35.6. The van der Waals surface area contributed by atoms with Crippen molar-refractivity contribution in [2.75, 3.05) is 30.6 Å². The zero-order valence-electron chi connectivity index (χ0n) is 32.0. The second kappa shape index (κ2) is 19.2. The molecule has 0 saturated carbocycles. The third-order valence-electron chi connectivity index (χ3n) is 8.46. The van der Waals surface area contributed by atoms with Crippen molar-refractivity contribution in [3.05, 3.63) is 33.4 Å². The number of aliphatic hydroxyl groups excluding tert-OH is 4. The Kier molecular flexibility index (Phi) is 17.0. The lowest BCUT2D eigenvalue weighted by molar-refractivity contribution is -0.746. The Balaban J connectivity index is 0.00000320. The van der Waals surface area contributed by atoms with E-state index in [-0.39, 0.29) is 58.8 Å². The number of aromatic amines is 2. The number of hydrogen-bond acceptors (Lipinski definition) is 26. The molecule has 22 N–H and O–H groups in total. The van der Waals surface area contributed by atoms with Crippen LogP contribution in [0.1, 0.15) is 12.5 Å². The fraction of sp³-hybridized carbons (Fsp3) is 0.565. The summed E-state index contributed by atoms with van der Waals surface area (Å²) in [6, 6.07) is 0. The number of hydrogen-bond donors (Lipinski definition) is 12. The van der Waals surface area contributed by atoms with Gasteiger partial charge in [0.2, 0.25) is 38.6 Å². The van der Waals surface area contributed by atoms with Gasteiger partial charge in [0.15, 0.2) is 27.8 Å². The summed E-state index contributed by atoms with van der Waals surface area (Å²) in [6.07, 6.45) is -10.5. The first-order valence-electron chi connectivity index (χ1n) is 15.9. The highest BCUT2D eigenvalue weighted by atomic mass is 31.3. The maximum Gasteiger partial charge on any atom is 0.313 e. The van der Waals surface area contributed by atoms with Gasteiger partial charge in [-0.25, -0.2) is 9.13 Å². The van der Waals surface area contributed by atoms with E-state index in [9.17, 15) is 58.1 Å². The molecule has 340 valence electrons. The van der Waals surface area contributed by atoms with Gasteiger partial charge in [-0.15, -0.1) is 0 Å². The maximum atomic E-state index is 12.8. The molecule has 6 rings (SSSR count). The number of ether oxygens (including phenoxy) is 2. The molecule has 0 bridgehead atoms. The van der Waals surface area contributed by atoms with Crippen molar-refractivity contribution in [3.63, 3.8) is 0 Å². The largest absolute Gasteiger partial charge is 0.778 e. The van der Waals surface area contributed by atoms with E-state index in [4.69, 9.17) is 45.1 Å². The molecule has 4 aromatic rings. The third kappa shape index (κ3) is 11.3. The van der Waals surface area contributed by atoms with Crippen molar-refractivity contribution in [1.29, 1.82) is 0 Å². The molecule has 0 amide bonds. The fourth-order valence-corrected chi connectivity index (χ4v) is 13.0. The summed E-state index contributed by atoms with van der Waals surface area (Å²) in [5.41, 5.74) is 9.85. The van der Waals surface area contributed by atoms with Crippen LogP contribution in [0, 0.1) is 0 Å². The standard InChI is InChI=1S/C23H32B2N10O18P4.4H3N/c1-32-5-34(16-10(32)18(40)30-22(26)28-16)20-14(38)12(36)8(50-20)3-48-56(24,46)52-54(42,43)7-55(44,45)53-57(25,47)49-4-9-13(37)15(39)21(51-9)35-6-33(2)11-17(35)29-23(27)31-19(11)41;;;;/h5-6,8-9,12-15,20-21,36-39H,3-4,7H2,1-2H3,(H6-2,26,27,28,29,30,31,40,41,42,43,44,45);4*1H3/t8-,9-,12-,13-,14-,15-,20-,21-,56-,57+;;;;/m1..../s1. The minimum atomic E-state index is -5.88. The lowest BCUT2D eigenvalue weighted by atomic mass is 10.1. The van der Waals surface area contributed by atoms with E-state index in [1.54, 1.807) is 0 Å². The molecule has 4 radical (unpaired) electrons. The van der Waals surface area contributed by atoms with Crippen LogP contribution < -0.4 is 66.1 Å². The van der Waals surface area contributed by atoms with Crippen LogP contribution in [-0.2, 0) is 59.5 Å². The highest BCUT2D eigenvalue weighted by Gasteiger charge is 2.49. The summed E-state index contributed by atoms with van der Waals surface area (Å²) in [6.45, 7) is -2.01. The van der Waals surface area contributed by atoms with Crippen LogP contribution in [0.4, 0.5) is 11.9 Å². The van der Waals surface area contributed by atoms with Gasteiger partial charge in [0.05, 0.1) is 33.2 Å². The molecule has 2 aliphatic rings. The predicted octanol–water partition coefficient (Wildman–Crippen LogP) is -5.15. The van der Waals surface area contributed by atoms with Gasteiger partial charge in [0.1, 0.15) is 36.6 Å². The Hall–Kier alpha value is -3.29. The molecule has 2 aliphatic heterocycles. The molecule has 2 unspecified atom stereocenters. The molecule has 0 spiro atoms. The van der Waals surface area contributed by atoms with Crippen molar-refractivity contribution >= 4 is 79.5 Å². The highest BCUT2D eigenvalue weighted by Crippen LogP contribution is 2.67. The van der Waals surface area contributed by atoms with Crippen LogP contribution in [0.3, 0.4) is 0 Å². The first-order chi connectivity index (χ1) is 26.3. The lowest BCUT2D eigenvalue weighted by Gasteiger charge is -2.34. The average molecular weight is 950 g/mol. The van der Waals surface area contributed by atoms with Gasteiger partial charge >= 0.3 is 11.3 Å². The number of aryl methyl sites for hydroxylation is 2. The molecule has 2 saturated heterocycles. The highest BCUT2D eigenvalue weighted by molar-refractivity contribution is 7.87.